The minimum atomic E-state index is -0.249. The first-order valence-corrected chi connectivity index (χ1v) is 14.5. The molecule has 0 unspecified atom stereocenters. The number of fused-ring (bicyclic) bond motifs is 1. The molecule has 12 heteroatoms. The van der Waals surface area contributed by atoms with Crippen molar-refractivity contribution in [3.63, 3.8) is 0 Å². The van der Waals surface area contributed by atoms with E-state index in [0.717, 1.165) is 16.8 Å². The summed E-state index contributed by atoms with van der Waals surface area (Å²) in [6, 6.07) is 20.2. The lowest BCUT2D eigenvalue weighted by molar-refractivity contribution is -0.118. The third-order valence-electron chi connectivity index (χ3n) is 6.91. The molecule has 6 rings (SSSR count). The maximum Gasteiger partial charge on any atom is 0.297 e. The fourth-order valence-corrected chi connectivity index (χ4v) is 5.76. The summed E-state index contributed by atoms with van der Waals surface area (Å²) in [6.07, 6.45) is 0. The van der Waals surface area contributed by atoms with Crippen LogP contribution in [0.15, 0.2) is 87.0 Å². The summed E-state index contributed by atoms with van der Waals surface area (Å²) in [5.74, 6) is 0.359. The van der Waals surface area contributed by atoms with Crippen LogP contribution in [0.3, 0.4) is 0 Å². The van der Waals surface area contributed by atoms with Crippen LogP contribution in [0.1, 0.15) is 18.2 Å². The highest BCUT2D eigenvalue weighted by Gasteiger charge is 2.20. The lowest BCUT2D eigenvalue weighted by Gasteiger charge is -2.18. The van der Waals surface area contributed by atoms with Gasteiger partial charge in [-0.2, -0.15) is 5.10 Å². The van der Waals surface area contributed by atoms with Crippen LogP contribution in [-0.2, 0) is 11.8 Å². The van der Waals surface area contributed by atoms with E-state index in [-0.39, 0.29) is 18.1 Å². The maximum atomic E-state index is 13.6. The van der Waals surface area contributed by atoms with Gasteiger partial charge in [0.1, 0.15) is 5.75 Å². The molecule has 0 radical (unpaired) electrons. The Morgan fingerprint density at radius 2 is 1.81 bits per heavy atom. The number of para-hydroxylation sites is 1. The average Bonchev–Trinajstić information content (AvgIpc) is 3.47. The Morgan fingerprint density at radius 1 is 1.02 bits per heavy atom. The van der Waals surface area contributed by atoms with Gasteiger partial charge in [0.15, 0.2) is 12.3 Å². The molecule has 1 aliphatic heterocycles. The molecule has 0 aliphatic carbocycles. The van der Waals surface area contributed by atoms with E-state index in [9.17, 15) is 9.59 Å². The molecule has 0 atom stereocenters. The van der Waals surface area contributed by atoms with Crippen molar-refractivity contribution in [2.45, 2.75) is 13.8 Å². The second kappa shape index (κ2) is 11.1. The number of hydrogen-bond acceptors (Lipinski definition) is 6. The molecule has 212 valence electrons. The fourth-order valence-electron chi connectivity index (χ4n) is 4.62. The Kier molecular flexibility index (Phi) is 7.36. The first kappa shape index (κ1) is 27.8. The summed E-state index contributed by atoms with van der Waals surface area (Å²) in [6.45, 7) is 3.68. The van der Waals surface area contributed by atoms with Gasteiger partial charge in [0.2, 0.25) is 4.80 Å². The summed E-state index contributed by atoms with van der Waals surface area (Å²) in [5.41, 5.74) is 4.95. The van der Waals surface area contributed by atoms with Crippen molar-refractivity contribution in [2.75, 3.05) is 11.9 Å². The number of thiazole rings is 1. The third-order valence-corrected chi connectivity index (χ3v) is 8.47. The maximum absolute atomic E-state index is 13.6. The standard InChI is InChI=1S/C30H24Cl2N6O3S/c1-17(19-9-11-22(31)23(32)13-19)35-37-25(20-10-12-26-24(14-20)33-27(39)15-41-26)16-42-30(37)34-28-18(2)36(3)38(29(28)40)21-7-5-4-6-8-21/h4-14,16H,15H2,1-3H3,(H,33,39). The van der Waals surface area contributed by atoms with Gasteiger partial charge in [0.25, 0.3) is 11.5 Å². The Balaban J connectivity index is 1.55. The SMILES string of the molecule is CC(=Nn1c(-c2ccc3c(c2)NC(=O)CO3)csc1=Nc1c(C)n(C)n(-c2ccccc2)c1=O)c1ccc(Cl)c(Cl)c1. The van der Waals surface area contributed by atoms with Crippen molar-refractivity contribution in [1.29, 1.82) is 0 Å². The Hall–Kier alpha value is -4.38. The number of rotatable bonds is 5. The molecule has 9 nitrogen and oxygen atoms in total. The summed E-state index contributed by atoms with van der Waals surface area (Å²) < 4.78 is 10.6. The molecule has 3 aromatic carbocycles. The lowest BCUT2D eigenvalue weighted by Crippen LogP contribution is -2.25. The molecule has 0 spiro atoms. The lowest BCUT2D eigenvalue weighted by atomic mass is 10.1. The van der Waals surface area contributed by atoms with Crippen LogP contribution < -0.4 is 20.4 Å². The number of aromatic nitrogens is 3. The molecule has 2 aromatic heterocycles. The Morgan fingerprint density at radius 3 is 2.57 bits per heavy atom. The summed E-state index contributed by atoms with van der Waals surface area (Å²) >= 11 is 13.8. The fraction of sp³-hybridized carbons (Fsp3) is 0.133. The smallest absolute Gasteiger partial charge is 0.297 e. The second-order valence-electron chi connectivity index (χ2n) is 9.60. The van der Waals surface area contributed by atoms with Crippen molar-refractivity contribution < 1.29 is 9.53 Å². The highest BCUT2D eigenvalue weighted by atomic mass is 35.5. The van der Waals surface area contributed by atoms with Crippen molar-refractivity contribution in [3.05, 3.63) is 109 Å². The van der Waals surface area contributed by atoms with Crippen LogP contribution in [0.4, 0.5) is 11.4 Å². The number of anilines is 1. The van der Waals surface area contributed by atoms with Crippen molar-refractivity contribution in [1.82, 2.24) is 14.0 Å². The summed E-state index contributed by atoms with van der Waals surface area (Å²) in [7, 11) is 1.83. The predicted molar refractivity (Wildman–Crippen MR) is 167 cm³/mol. The molecule has 0 fully saturated rings. The number of ether oxygens (including phenoxy) is 1. The van der Waals surface area contributed by atoms with E-state index in [0.29, 0.717) is 49.1 Å². The highest BCUT2D eigenvalue weighted by molar-refractivity contribution is 7.07. The van der Waals surface area contributed by atoms with Gasteiger partial charge >= 0.3 is 0 Å². The van der Waals surface area contributed by atoms with Gasteiger partial charge in [-0.05, 0) is 61.9 Å². The van der Waals surface area contributed by atoms with Gasteiger partial charge in [0, 0.05) is 18.0 Å². The topological polar surface area (TPSA) is 94.9 Å². The van der Waals surface area contributed by atoms with E-state index in [1.807, 2.05) is 74.8 Å². The van der Waals surface area contributed by atoms with Gasteiger partial charge in [-0.15, -0.1) is 11.3 Å². The molecule has 0 saturated heterocycles. The largest absolute Gasteiger partial charge is 0.482 e. The highest BCUT2D eigenvalue weighted by Crippen LogP contribution is 2.33. The summed E-state index contributed by atoms with van der Waals surface area (Å²) in [5, 5.41) is 10.5. The van der Waals surface area contributed by atoms with Crippen molar-refractivity contribution >= 4 is 57.5 Å². The van der Waals surface area contributed by atoms with Gasteiger partial charge in [-0.3, -0.25) is 14.3 Å². The van der Waals surface area contributed by atoms with Crippen LogP contribution in [-0.4, -0.2) is 32.3 Å². The zero-order chi connectivity index (χ0) is 29.5. The van der Waals surface area contributed by atoms with E-state index in [2.05, 4.69) is 5.32 Å². The number of nitrogens with one attached hydrogen (secondary N) is 1. The molecule has 1 aliphatic rings. The number of carbonyl (C=O) groups is 1. The predicted octanol–water partition coefficient (Wildman–Crippen LogP) is 6.16. The third kappa shape index (κ3) is 5.09. The van der Waals surface area contributed by atoms with Crippen molar-refractivity contribution in [3.8, 4) is 22.7 Å². The van der Waals surface area contributed by atoms with Gasteiger partial charge < -0.3 is 10.1 Å². The molecule has 1 amide bonds. The number of amides is 1. The molecule has 0 saturated carbocycles. The number of hydrogen-bond donors (Lipinski definition) is 1. The first-order chi connectivity index (χ1) is 20.2. The van der Waals surface area contributed by atoms with Crippen LogP contribution in [0.25, 0.3) is 16.9 Å². The minimum Gasteiger partial charge on any atom is -0.482 e. The van der Waals surface area contributed by atoms with Crippen LogP contribution >= 0.6 is 34.5 Å². The molecular weight excluding hydrogens is 595 g/mol. The average molecular weight is 620 g/mol. The first-order valence-electron chi connectivity index (χ1n) is 12.9. The molecule has 1 N–H and O–H groups in total. The molecule has 0 bridgehead atoms. The van der Waals surface area contributed by atoms with Gasteiger partial charge in [0.05, 0.1) is 38.5 Å². The van der Waals surface area contributed by atoms with E-state index in [1.54, 1.807) is 32.2 Å². The summed E-state index contributed by atoms with van der Waals surface area (Å²) in [4.78, 5) is 30.9. The van der Waals surface area contributed by atoms with Crippen molar-refractivity contribution in [2.24, 2.45) is 17.1 Å². The zero-order valence-corrected chi connectivity index (χ0v) is 25.1. The molecule has 42 heavy (non-hydrogen) atoms. The Labute approximate surface area is 254 Å². The van der Waals surface area contributed by atoms with E-state index >= 15 is 0 Å². The Bertz CT molecular complexity index is 2020. The monoisotopic (exact) mass is 618 g/mol. The zero-order valence-electron chi connectivity index (χ0n) is 22.8. The minimum absolute atomic E-state index is 0.0299. The van der Waals surface area contributed by atoms with E-state index in [1.165, 1.54) is 11.3 Å². The molecule has 3 heterocycles. The van der Waals surface area contributed by atoms with Crippen LogP contribution in [0, 0.1) is 6.92 Å². The van der Waals surface area contributed by atoms with Gasteiger partial charge in [-0.1, -0.05) is 47.5 Å². The quantitative estimate of drug-likeness (QED) is 0.239. The second-order valence-corrected chi connectivity index (χ2v) is 11.3. The van der Waals surface area contributed by atoms with E-state index in [4.69, 9.17) is 38.0 Å². The van der Waals surface area contributed by atoms with Crippen LogP contribution in [0.5, 0.6) is 5.75 Å². The molecular formula is C30H24Cl2N6O3S. The number of carbonyl (C=O) groups excluding carboxylic acids is 1. The van der Waals surface area contributed by atoms with Gasteiger partial charge in [-0.25, -0.2) is 14.4 Å². The number of halogens is 2. The number of nitrogens with zero attached hydrogens (tertiary/aromatic N) is 5. The van der Waals surface area contributed by atoms with Crippen LogP contribution in [0.2, 0.25) is 10.0 Å². The molecule has 5 aromatic rings. The van der Waals surface area contributed by atoms with E-state index < -0.39 is 0 Å². The normalized spacial score (nSPS) is 13.6. The number of benzene rings is 3.